The molecular formula is C36H56N4O4. The van der Waals surface area contributed by atoms with Gasteiger partial charge in [0.15, 0.2) is 0 Å². The molecule has 0 spiro atoms. The van der Waals surface area contributed by atoms with E-state index in [0.717, 1.165) is 57.8 Å². The number of carbonyl (C=O) groups is 4. The molecule has 0 heterocycles. The average molecular weight is 609 g/mol. The Balaban J connectivity index is 1.46. The van der Waals surface area contributed by atoms with E-state index >= 15 is 0 Å². The highest BCUT2D eigenvalue weighted by Crippen LogP contribution is 2.65. The minimum atomic E-state index is -0.626. The molecule has 0 radical (unpaired) electrons. The standard InChI is InChI=1S/C36H56N4O4/c1-25(2)9-7-11-27(5)13-15-37-31(41)22-39-33(43)35-18-29-17-30(19-35)21-36(20-29,24-35)34(44)40-23-32(42)38-16-14-28(6)12-8-10-26(3)4/h9-10,13-14,29-30H,7-8,11-12,15-24H2,1-6H3,(H,37,41)(H,38,42)(H,39,43)(H,40,44)/b27-13+,28-14+. The van der Waals surface area contributed by atoms with Crippen molar-refractivity contribution in [1.82, 2.24) is 21.3 Å². The Morgan fingerprint density at radius 1 is 0.591 bits per heavy atom. The van der Waals surface area contributed by atoms with Gasteiger partial charge < -0.3 is 21.3 Å². The minimum Gasteiger partial charge on any atom is -0.351 e. The Bertz CT molecular complexity index is 1080. The predicted octanol–water partition coefficient (Wildman–Crippen LogP) is 5.42. The van der Waals surface area contributed by atoms with E-state index < -0.39 is 10.8 Å². The monoisotopic (exact) mass is 608 g/mol. The van der Waals surface area contributed by atoms with Crippen molar-refractivity contribution in [3.8, 4) is 0 Å². The fraction of sp³-hybridized carbons (Fsp3) is 0.667. The van der Waals surface area contributed by atoms with Crippen molar-refractivity contribution in [3.05, 3.63) is 46.6 Å². The van der Waals surface area contributed by atoms with Crippen molar-refractivity contribution in [1.29, 1.82) is 0 Å². The molecule has 4 N–H and O–H groups in total. The lowest BCUT2D eigenvalue weighted by Crippen LogP contribution is -2.62. The molecule has 0 saturated heterocycles. The fourth-order valence-corrected chi connectivity index (χ4v) is 7.67. The summed E-state index contributed by atoms with van der Waals surface area (Å²) in [5.74, 6) is -0.0296. The summed E-state index contributed by atoms with van der Waals surface area (Å²) in [6.07, 6.45) is 16.9. The van der Waals surface area contributed by atoms with E-state index in [-0.39, 0.29) is 36.7 Å². The summed E-state index contributed by atoms with van der Waals surface area (Å²) in [5, 5.41) is 11.5. The SMILES string of the molecule is CC(C)=CCC/C(C)=C/CNC(=O)CNC(=O)C12CC3CC(C1)CC(C(=O)NCC(=O)NC/C=C(\C)CCC=C(C)C)(C3)C2. The number of carbonyl (C=O) groups excluding carboxylic acids is 4. The van der Waals surface area contributed by atoms with Gasteiger partial charge in [0.2, 0.25) is 23.6 Å². The number of allylic oxidation sites excluding steroid dienone is 6. The third kappa shape index (κ3) is 10.5. The Labute approximate surface area is 265 Å². The first-order chi connectivity index (χ1) is 20.8. The van der Waals surface area contributed by atoms with E-state index in [1.165, 1.54) is 22.3 Å². The van der Waals surface area contributed by atoms with E-state index in [1.54, 1.807) is 0 Å². The molecule has 8 heteroatoms. The molecule has 4 saturated carbocycles. The molecule has 8 nitrogen and oxygen atoms in total. The van der Waals surface area contributed by atoms with Crippen molar-refractivity contribution in [3.63, 3.8) is 0 Å². The summed E-state index contributed by atoms with van der Waals surface area (Å²) in [6.45, 7) is 13.2. The summed E-state index contributed by atoms with van der Waals surface area (Å²) in [7, 11) is 0. The van der Waals surface area contributed by atoms with Crippen molar-refractivity contribution >= 4 is 23.6 Å². The molecule has 0 aliphatic heterocycles. The second-order valence-electron chi connectivity index (χ2n) is 14.2. The molecule has 4 bridgehead atoms. The summed E-state index contributed by atoms with van der Waals surface area (Å²) in [6, 6.07) is 0. The minimum absolute atomic E-state index is 0.0667. The number of hydrogen-bond acceptors (Lipinski definition) is 4. The summed E-state index contributed by atoms with van der Waals surface area (Å²) < 4.78 is 0. The maximum absolute atomic E-state index is 13.5. The van der Waals surface area contributed by atoms with E-state index in [0.29, 0.717) is 31.3 Å². The smallest absolute Gasteiger partial charge is 0.239 e. The molecule has 244 valence electrons. The Morgan fingerprint density at radius 3 is 1.34 bits per heavy atom. The molecule has 0 aromatic heterocycles. The lowest BCUT2D eigenvalue weighted by molar-refractivity contribution is -0.167. The van der Waals surface area contributed by atoms with Crippen LogP contribution in [0.1, 0.15) is 106 Å². The third-order valence-corrected chi connectivity index (χ3v) is 9.53. The van der Waals surface area contributed by atoms with Gasteiger partial charge in [0.05, 0.1) is 23.9 Å². The normalized spacial score (nSPS) is 25.6. The highest BCUT2D eigenvalue weighted by atomic mass is 16.2. The van der Waals surface area contributed by atoms with Gasteiger partial charge in [0.25, 0.3) is 0 Å². The van der Waals surface area contributed by atoms with Gasteiger partial charge in [0.1, 0.15) is 0 Å². The highest BCUT2D eigenvalue weighted by molar-refractivity contribution is 5.92. The molecular weight excluding hydrogens is 552 g/mol. The van der Waals surface area contributed by atoms with Crippen LogP contribution in [0.4, 0.5) is 0 Å². The Morgan fingerprint density at radius 2 is 0.977 bits per heavy atom. The van der Waals surface area contributed by atoms with Crippen LogP contribution in [0.2, 0.25) is 0 Å². The van der Waals surface area contributed by atoms with Gasteiger partial charge in [-0.1, -0.05) is 46.6 Å². The van der Waals surface area contributed by atoms with E-state index in [9.17, 15) is 19.2 Å². The zero-order valence-electron chi connectivity index (χ0n) is 28.0. The average Bonchev–Trinajstić information content (AvgIpc) is 2.93. The predicted molar refractivity (Wildman–Crippen MR) is 176 cm³/mol. The van der Waals surface area contributed by atoms with Gasteiger partial charge in [0, 0.05) is 13.1 Å². The van der Waals surface area contributed by atoms with Gasteiger partial charge in [-0.2, -0.15) is 0 Å². The van der Waals surface area contributed by atoms with Crippen LogP contribution in [0.5, 0.6) is 0 Å². The summed E-state index contributed by atoms with van der Waals surface area (Å²) in [5.41, 5.74) is 3.79. The first kappa shape index (κ1) is 35.3. The highest BCUT2D eigenvalue weighted by Gasteiger charge is 2.63. The molecule has 4 aliphatic rings. The number of rotatable bonds is 16. The zero-order valence-corrected chi connectivity index (χ0v) is 28.0. The van der Waals surface area contributed by atoms with Gasteiger partial charge in [-0.25, -0.2) is 0 Å². The largest absolute Gasteiger partial charge is 0.351 e. The quantitative estimate of drug-likeness (QED) is 0.175. The number of nitrogens with one attached hydrogen (secondary N) is 4. The first-order valence-corrected chi connectivity index (χ1v) is 16.5. The van der Waals surface area contributed by atoms with Crippen molar-refractivity contribution in [2.75, 3.05) is 26.2 Å². The fourth-order valence-electron chi connectivity index (χ4n) is 7.67. The van der Waals surface area contributed by atoms with Gasteiger partial charge in [-0.3, -0.25) is 19.2 Å². The molecule has 4 fully saturated rings. The van der Waals surface area contributed by atoms with Crippen LogP contribution in [0.3, 0.4) is 0 Å². The first-order valence-electron chi connectivity index (χ1n) is 16.5. The lowest BCUT2D eigenvalue weighted by atomic mass is 9.43. The lowest BCUT2D eigenvalue weighted by Gasteiger charge is -2.60. The summed E-state index contributed by atoms with van der Waals surface area (Å²) in [4.78, 5) is 52.1. The topological polar surface area (TPSA) is 116 Å². The van der Waals surface area contributed by atoms with Crippen LogP contribution in [0.25, 0.3) is 0 Å². The van der Waals surface area contributed by atoms with Crippen molar-refractivity contribution < 1.29 is 19.2 Å². The molecule has 4 rings (SSSR count). The molecule has 0 aromatic rings. The Hall–Kier alpha value is -3.16. The van der Waals surface area contributed by atoms with Crippen LogP contribution >= 0.6 is 0 Å². The second kappa shape index (κ2) is 16.2. The van der Waals surface area contributed by atoms with E-state index in [2.05, 4.69) is 75.0 Å². The number of amides is 4. The molecule has 44 heavy (non-hydrogen) atoms. The van der Waals surface area contributed by atoms with E-state index in [1.807, 2.05) is 12.2 Å². The van der Waals surface area contributed by atoms with Crippen LogP contribution in [-0.4, -0.2) is 49.8 Å². The zero-order chi connectivity index (χ0) is 32.3. The maximum Gasteiger partial charge on any atom is 0.239 e. The molecule has 0 unspecified atom stereocenters. The second-order valence-corrected chi connectivity index (χ2v) is 14.2. The number of hydrogen-bond donors (Lipinski definition) is 4. The van der Waals surface area contributed by atoms with Crippen LogP contribution in [0.15, 0.2) is 46.6 Å². The molecule has 4 aliphatic carbocycles. The maximum atomic E-state index is 13.5. The van der Waals surface area contributed by atoms with Gasteiger partial charge in [-0.05, 0) is 118 Å². The van der Waals surface area contributed by atoms with Crippen LogP contribution in [-0.2, 0) is 19.2 Å². The van der Waals surface area contributed by atoms with Crippen molar-refractivity contribution in [2.45, 2.75) is 106 Å². The van der Waals surface area contributed by atoms with E-state index in [4.69, 9.17) is 0 Å². The van der Waals surface area contributed by atoms with Crippen LogP contribution in [0, 0.1) is 22.7 Å². The van der Waals surface area contributed by atoms with Crippen molar-refractivity contribution in [2.24, 2.45) is 22.7 Å². The molecule has 0 aromatic carbocycles. The summed E-state index contributed by atoms with van der Waals surface area (Å²) >= 11 is 0. The van der Waals surface area contributed by atoms with Gasteiger partial charge in [-0.15, -0.1) is 0 Å². The molecule has 0 atom stereocenters. The molecule has 4 amide bonds. The Kier molecular flexibility index (Phi) is 13.0. The van der Waals surface area contributed by atoms with Gasteiger partial charge >= 0.3 is 0 Å². The van der Waals surface area contributed by atoms with Crippen LogP contribution < -0.4 is 21.3 Å². The third-order valence-electron chi connectivity index (χ3n) is 9.53.